The number of halogens is 2. The Kier molecular flexibility index (Phi) is 4.58. The van der Waals surface area contributed by atoms with E-state index >= 15 is 4.39 Å². The molecule has 1 amide bonds. The lowest BCUT2D eigenvalue weighted by Crippen LogP contribution is -2.24. The van der Waals surface area contributed by atoms with Gasteiger partial charge >= 0.3 is 6.09 Å². The summed E-state index contributed by atoms with van der Waals surface area (Å²) in [6, 6.07) is 25.3. The van der Waals surface area contributed by atoms with Gasteiger partial charge in [-0.3, -0.25) is 4.90 Å². The van der Waals surface area contributed by atoms with E-state index in [1.807, 2.05) is 48.5 Å². The van der Waals surface area contributed by atoms with Crippen LogP contribution in [0.4, 0.5) is 9.18 Å². The molecule has 3 nitrogen and oxygen atoms in total. The molecule has 1 aliphatic heterocycles. The molecule has 1 saturated heterocycles. The summed E-state index contributed by atoms with van der Waals surface area (Å²) in [4.78, 5) is 13.8. The van der Waals surface area contributed by atoms with E-state index in [-0.39, 0.29) is 6.61 Å². The Bertz CT molecular complexity index is 951. The minimum Gasteiger partial charge on any atom is -0.444 e. The van der Waals surface area contributed by atoms with Gasteiger partial charge in [-0.05, 0) is 28.8 Å². The molecule has 0 bridgehead atoms. The molecule has 0 aliphatic carbocycles. The minimum absolute atomic E-state index is 0.0866. The van der Waals surface area contributed by atoms with Gasteiger partial charge in [0.25, 0.3) is 0 Å². The fourth-order valence-corrected chi connectivity index (χ4v) is 3.61. The van der Waals surface area contributed by atoms with E-state index in [1.165, 1.54) is 0 Å². The van der Waals surface area contributed by atoms with Crippen molar-refractivity contribution in [1.29, 1.82) is 0 Å². The lowest BCUT2D eigenvalue weighted by Gasteiger charge is -2.18. The predicted octanol–water partition coefficient (Wildman–Crippen LogP) is 5.53. The molecule has 2 unspecified atom stereocenters. The van der Waals surface area contributed by atoms with Crippen molar-refractivity contribution < 1.29 is 13.9 Å². The van der Waals surface area contributed by atoms with Gasteiger partial charge in [0.05, 0.1) is 0 Å². The van der Waals surface area contributed by atoms with Crippen LogP contribution in [0.3, 0.4) is 0 Å². The number of amides is 1. The smallest absolute Gasteiger partial charge is 0.413 e. The normalized spacial score (nSPS) is 21.0. The molecule has 0 radical (unpaired) electrons. The zero-order valence-corrected chi connectivity index (χ0v) is 15.1. The highest BCUT2D eigenvalue weighted by atomic mass is 35.5. The molecule has 0 aromatic heterocycles. The largest absolute Gasteiger partial charge is 0.444 e. The Morgan fingerprint density at radius 2 is 1.59 bits per heavy atom. The van der Waals surface area contributed by atoms with Gasteiger partial charge in [-0.1, -0.05) is 84.4 Å². The molecule has 27 heavy (non-hydrogen) atoms. The quantitative estimate of drug-likeness (QED) is 0.439. The first kappa shape index (κ1) is 17.6. The number of nitrogens with zero attached hydrogens (tertiary/aromatic N) is 1. The summed E-state index contributed by atoms with van der Waals surface area (Å²) in [7, 11) is 0. The van der Waals surface area contributed by atoms with E-state index < -0.39 is 17.9 Å². The zero-order chi connectivity index (χ0) is 18.9. The molecule has 4 rings (SSSR count). The highest BCUT2D eigenvalue weighted by molar-refractivity contribution is 6.30. The van der Waals surface area contributed by atoms with E-state index in [0.717, 1.165) is 10.5 Å². The predicted molar refractivity (Wildman–Crippen MR) is 102 cm³/mol. The molecule has 1 heterocycles. The van der Waals surface area contributed by atoms with Crippen molar-refractivity contribution in [3.05, 3.63) is 107 Å². The summed E-state index contributed by atoms with van der Waals surface area (Å²) >= 11 is 6.13. The Hall–Kier alpha value is -2.85. The van der Waals surface area contributed by atoms with Crippen LogP contribution in [0.2, 0.25) is 5.02 Å². The highest BCUT2D eigenvalue weighted by Crippen LogP contribution is 2.56. The van der Waals surface area contributed by atoms with E-state index in [0.29, 0.717) is 16.1 Å². The van der Waals surface area contributed by atoms with Crippen LogP contribution in [0.15, 0.2) is 84.9 Å². The van der Waals surface area contributed by atoms with Crippen molar-refractivity contribution in [2.75, 3.05) is 0 Å². The Morgan fingerprint density at radius 1 is 0.963 bits per heavy atom. The van der Waals surface area contributed by atoms with Crippen LogP contribution in [0.25, 0.3) is 0 Å². The third-order valence-electron chi connectivity index (χ3n) is 4.76. The van der Waals surface area contributed by atoms with Crippen molar-refractivity contribution in [3.63, 3.8) is 0 Å². The number of rotatable bonds is 4. The number of alkyl halides is 1. The van der Waals surface area contributed by atoms with Crippen molar-refractivity contribution in [2.24, 2.45) is 0 Å². The lowest BCUT2D eigenvalue weighted by atomic mass is 9.90. The molecule has 3 aromatic rings. The fraction of sp³-hybridized carbons (Fsp3) is 0.136. The summed E-state index contributed by atoms with van der Waals surface area (Å²) in [5.41, 5.74) is 0.915. The third kappa shape index (κ3) is 3.06. The summed E-state index contributed by atoms with van der Waals surface area (Å²) < 4.78 is 20.5. The lowest BCUT2D eigenvalue weighted by molar-refractivity contribution is 0.113. The molecular formula is C22H17ClFNO2. The standard InChI is InChI=1S/C22H17ClFNO2/c23-19-13-7-12-18(14-19)22(17-10-5-2-6-11-17)20(24)25(22)21(26)27-15-16-8-3-1-4-9-16/h1-14,20H,15H2. The topological polar surface area (TPSA) is 29.3 Å². The number of ether oxygens (including phenoxy) is 1. The number of hydrogen-bond acceptors (Lipinski definition) is 2. The number of carbonyl (C=O) groups excluding carboxylic acids is 1. The minimum atomic E-state index is -1.53. The molecule has 1 fully saturated rings. The van der Waals surface area contributed by atoms with E-state index in [9.17, 15) is 4.79 Å². The second-order valence-corrected chi connectivity index (χ2v) is 6.83. The molecule has 5 heteroatoms. The Labute approximate surface area is 162 Å². The molecule has 3 aromatic carbocycles. The summed E-state index contributed by atoms with van der Waals surface area (Å²) in [5, 5.41) is 0.486. The number of benzene rings is 3. The van der Waals surface area contributed by atoms with Gasteiger partial charge in [0.2, 0.25) is 6.30 Å². The van der Waals surface area contributed by atoms with E-state index in [2.05, 4.69) is 0 Å². The van der Waals surface area contributed by atoms with Crippen LogP contribution < -0.4 is 0 Å². The first-order chi connectivity index (χ1) is 13.1. The maximum atomic E-state index is 15.2. The molecule has 1 aliphatic rings. The maximum absolute atomic E-state index is 15.2. The van der Waals surface area contributed by atoms with Crippen molar-refractivity contribution >= 4 is 17.7 Å². The summed E-state index contributed by atoms with van der Waals surface area (Å²) in [6.07, 6.45) is -2.23. The zero-order valence-electron chi connectivity index (χ0n) is 14.4. The van der Waals surface area contributed by atoms with Crippen LogP contribution in [-0.2, 0) is 16.9 Å². The van der Waals surface area contributed by atoms with Gasteiger partial charge in [-0.25, -0.2) is 9.18 Å². The van der Waals surface area contributed by atoms with Crippen LogP contribution in [0.5, 0.6) is 0 Å². The monoisotopic (exact) mass is 381 g/mol. The van der Waals surface area contributed by atoms with Crippen molar-refractivity contribution in [3.8, 4) is 0 Å². The van der Waals surface area contributed by atoms with Gasteiger partial charge in [0.15, 0.2) is 0 Å². The average Bonchev–Trinajstić information content (AvgIpc) is 3.34. The van der Waals surface area contributed by atoms with Gasteiger partial charge in [0.1, 0.15) is 12.1 Å². The van der Waals surface area contributed by atoms with Gasteiger partial charge in [0, 0.05) is 5.02 Å². The van der Waals surface area contributed by atoms with Crippen LogP contribution in [0.1, 0.15) is 16.7 Å². The van der Waals surface area contributed by atoms with Crippen LogP contribution >= 0.6 is 11.6 Å². The summed E-state index contributed by atoms with van der Waals surface area (Å²) in [6.45, 7) is 0.0866. The van der Waals surface area contributed by atoms with Gasteiger partial charge in [-0.15, -0.1) is 0 Å². The molecule has 0 saturated carbocycles. The van der Waals surface area contributed by atoms with Gasteiger partial charge < -0.3 is 4.74 Å². The SMILES string of the molecule is O=C(OCc1ccccc1)N1C(F)C1(c1ccccc1)c1cccc(Cl)c1. The molecule has 0 N–H and O–H groups in total. The van der Waals surface area contributed by atoms with Gasteiger partial charge in [-0.2, -0.15) is 0 Å². The molecule has 136 valence electrons. The van der Waals surface area contributed by atoms with Crippen LogP contribution in [-0.4, -0.2) is 17.3 Å². The second-order valence-electron chi connectivity index (χ2n) is 6.39. The third-order valence-corrected chi connectivity index (χ3v) is 5.00. The second kappa shape index (κ2) is 7.05. The van der Waals surface area contributed by atoms with Crippen molar-refractivity contribution in [1.82, 2.24) is 4.90 Å². The molecular weight excluding hydrogens is 365 g/mol. The highest BCUT2D eigenvalue weighted by Gasteiger charge is 2.69. The average molecular weight is 382 g/mol. The van der Waals surface area contributed by atoms with Crippen LogP contribution in [0, 0.1) is 0 Å². The first-order valence-electron chi connectivity index (χ1n) is 8.59. The number of carbonyl (C=O) groups is 1. The van der Waals surface area contributed by atoms with Crippen molar-refractivity contribution in [2.45, 2.75) is 18.4 Å². The first-order valence-corrected chi connectivity index (χ1v) is 8.97. The fourth-order valence-electron chi connectivity index (χ4n) is 3.42. The van der Waals surface area contributed by atoms with E-state index in [1.54, 1.807) is 36.4 Å². The molecule has 0 spiro atoms. The maximum Gasteiger partial charge on any atom is 0.413 e. The van der Waals surface area contributed by atoms with E-state index in [4.69, 9.17) is 16.3 Å². The molecule has 2 atom stereocenters. The number of hydrogen-bond donors (Lipinski definition) is 0. The Balaban J connectivity index is 1.65. The Morgan fingerprint density at radius 3 is 2.26 bits per heavy atom. The summed E-state index contributed by atoms with van der Waals surface area (Å²) in [5.74, 6) is 0.